The van der Waals surface area contributed by atoms with Crippen LogP contribution in [0.2, 0.25) is 0 Å². The van der Waals surface area contributed by atoms with Gasteiger partial charge in [-0.05, 0) is 44.9 Å². The predicted molar refractivity (Wildman–Crippen MR) is 72.0 cm³/mol. The Hall–Kier alpha value is -1.39. The molecule has 1 aromatic carbocycles. The number of carbonyl (C=O) groups is 1. The van der Waals surface area contributed by atoms with Crippen LogP contribution in [-0.2, 0) is 16.0 Å². The van der Waals surface area contributed by atoms with Gasteiger partial charge in [-0.25, -0.2) is 4.79 Å². The first kappa shape index (κ1) is 14.7. The van der Waals surface area contributed by atoms with Crippen molar-refractivity contribution in [1.82, 2.24) is 0 Å². The average Bonchev–Trinajstić information content (AvgIpc) is 2.27. The summed E-state index contributed by atoms with van der Waals surface area (Å²) in [4.78, 5) is 11.8. The summed E-state index contributed by atoms with van der Waals surface area (Å²) in [6, 6.07) is 6.83. The van der Waals surface area contributed by atoms with Gasteiger partial charge in [-0.15, -0.1) is 0 Å². The fourth-order valence-corrected chi connectivity index (χ4v) is 1.56. The van der Waals surface area contributed by atoms with E-state index < -0.39 is 17.6 Å². The summed E-state index contributed by atoms with van der Waals surface area (Å²) < 4.78 is 5.25. The van der Waals surface area contributed by atoms with Crippen LogP contribution in [0.4, 0.5) is 0 Å². The second-order valence-corrected chi connectivity index (χ2v) is 5.29. The SMILES string of the molecule is CC(C)(C)OC(=O)C(N)c1ccc(CCN)cc1. The van der Waals surface area contributed by atoms with Gasteiger partial charge in [0.15, 0.2) is 0 Å². The van der Waals surface area contributed by atoms with Crippen molar-refractivity contribution in [3.63, 3.8) is 0 Å². The molecule has 0 fully saturated rings. The van der Waals surface area contributed by atoms with Gasteiger partial charge in [0.1, 0.15) is 11.6 Å². The number of carbonyl (C=O) groups excluding carboxylic acids is 1. The molecule has 4 nitrogen and oxygen atoms in total. The molecule has 0 saturated carbocycles. The zero-order valence-electron chi connectivity index (χ0n) is 11.3. The van der Waals surface area contributed by atoms with Gasteiger partial charge >= 0.3 is 5.97 Å². The monoisotopic (exact) mass is 250 g/mol. The Morgan fingerprint density at radius 1 is 1.28 bits per heavy atom. The summed E-state index contributed by atoms with van der Waals surface area (Å²) in [5, 5.41) is 0. The minimum absolute atomic E-state index is 0.408. The van der Waals surface area contributed by atoms with Crippen LogP contribution in [0, 0.1) is 0 Å². The molecule has 0 saturated heterocycles. The fraction of sp³-hybridized carbons (Fsp3) is 0.500. The Labute approximate surface area is 108 Å². The molecule has 0 aliphatic rings. The van der Waals surface area contributed by atoms with Gasteiger partial charge in [0.25, 0.3) is 0 Å². The van der Waals surface area contributed by atoms with Crippen LogP contribution in [0.15, 0.2) is 24.3 Å². The first-order valence-electron chi connectivity index (χ1n) is 6.11. The quantitative estimate of drug-likeness (QED) is 0.794. The smallest absolute Gasteiger partial charge is 0.328 e. The summed E-state index contributed by atoms with van der Waals surface area (Å²) in [5.74, 6) is -0.408. The molecule has 1 atom stereocenters. The standard InChI is InChI=1S/C14H22N2O2/c1-14(2,3)18-13(17)12(16)11-6-4-10(5-7-11)8-9-15/h4-7,12H,8-9,15-16H2,1-3H3. The third kappa shape index (κ3) is 4.47. The third-order valence-corrected chi connectivity index (χ3v) is 2.43. The predicted octanol–water partition coefficient (Wildman–Crippen LogP) is 1.53. The lowest BCUT2D eigenvalue weighted by Crippen LogP contribution is -2.31. The maximum absolute atomic E-state index is 11.8. The van der Waals surface area contributed by atoms with Crippen LogP contribution < -0.4 is 11.5 Å². The Bertz CT molecular complexity index is 393. The molecule has 4 N–H and O–H groups in total. The van der Waals surface area contributed by atoms with Crippen LogP contribution in [0.25, 0.3) is 0 Å². The highest BCUT2D eigenvalue weighted by Crippen LogP contribution is 2.17. The van der Waals surface area contributed by atoms with Crippen molar-refractivity contribution in [1.29, 1.82) is 0 Å². The van der Waals surface area contributed by atoms with Crippen LogP contribution in [0.3, 0.4) is 0 Å². The molecule has 0 amide bonds. The Balaban J connectivity index is 2.71. The van der Waals surface area contributed by atoms with Crippen molar-refractivity contribution in [3.05, 3.63) is 35.4 Å². The van der Waals surface area contributed by atoms with E-state index in [1.54, 1.807) is 0 Å². The van der Waals surface area contributed by atoms with Crippen molar-refractivity contribution in [2.24, 2.45) is 11.5 Å². The molecule has 0 aliphatic carbocycles. The Kier molecular flexibility index (Phi) is 4.87. The molecule has 1 rings (SSSR count). The van der Waals surface area contributed by atoms with E-state index >= 15 is 0 Å². The molecule has 0 heterocycles. The number of hydrogen-bond donors (Lipinski definition) is 2. The van der Waals surface area contributed by atoms with Gasteiger partial charge in [0.05, 0.1) is 0 Å². The van der Waals surface area contributed by atoms with Gasteiger partial charge in [0.2, 0.25) is 0 Å². The molecule has 1 aromatic rings. The highest BCUT2D eigenvalue weighted by molar-refractivity contribution is 5.77. The molecular formula is C14H22N2O2. The topological polar surface area (TPSA) is 78.3 Å². The van der Waals surface area contributed by atoms with Crippen molar-refractivity contribution in [3.8, 4) is 0 Å². The van der Waals surface area contributed by atoms with E-state index in [1.807, 2.05) is 45.0 Å². The van der Waals surface area contributed by atoms with E-state index in [1.165, 1.54) is 0 Å². The summed E-state index contributed by atoms with van der Waals surface area (Å²) in [7, 11) is 0. The van der Waals surface area contributed by atoms with Crippen molar-refractivity contribution < 1.29 is 9.53 Å². The maximum Gasteiger partial charge on any atom is 0.328 e. The number of nitrogens with two attached hydrogens (primary N) is 2. The largest absolute Gasteiger partial charge is 0.459 e. The summed E-state index contributed by atoms with van der Waals surface area (Å²) in [5.41, 5.74) is 12.7. The minimum Gasteiger partial charge on any atom is -0.459 e. The van der Waals surface area contributed by atoms with Crippen LogP contribution in [0.1, 0.15) is 37.9 Å². The summed E-state index contributed by atoms with van der Waals surface area (Å²) in [6.07, 6.45) is 0.821. The average molecular weight is 250 g/mol. The number of esters is 1. The summed E-state index contributed by atoms with van der Waals surface area (Å²) in [6.45, 7) is 6.07. The molecular weight excluding hydrogens is 228 g/mol. The molecule has 0 aromatic heterocycles. The maximum atomic E-state index is 11.8. The lowest BCUT2D eigenvalue weighted by molar-refractivity contribution is -0.156. The molecule has 1 unspecified atom stereocenters. The van der Waals surface area contributed by atoms with E-state index in [4.69, 9.17) is 16.2 Å². The van der Waals surface area contributed by atoms with Crippen LogP contribution in [0.5, 0.6) is 0 Å². The van der Waals surface area contributed by atoms with Gasteiger partial charge < -0.3 is 16.2 Å². The molecule has 100 valence electrons. The fourth-order valence-electron chi connectivity index (χ4n) is 1.56. The van der Waals surface area contributed by atoms with Gasteiger partial charge in [-0.1, -0.05) is 24.3 Å². The zero-order valence-corrected chi connectivity index (χ0v) is 11.3. The van der Waals surface area contributed by atoms with Gasteiger partial charge in [-0.3, -0.25) is 0 Å². The number of hydrogen-bond acceptors (Lipinski definition) is 4. The molecule has 4 heteroatoms. The lowest BCUT2D eigenvalue weighted by Gasteiger charge is -2.22. The second-order valence-electron chi connectivity index (χ2n) is 5.29. The van der Waals surface area contributed by atoms with Crippen molar-refractivity contribution >= 4 is 5.97 Å². The molecule has 18 heavy (non-hydrogen) atoms. The summed E-state index contributed by atoms with van der Waals surface area (Å²) >= 11 is 0. The van der Waals surface area contributed by atoms with Crippen LogP contribution in [-0.4, -0.2) is 18.1 Å². The molecule has 0 spiro atoms. The van der Waals surface area contributed by atoms with E-state index in [0.29, 0.717) is 6.54 Å². The Morgan fingerprint density at radius 3 is 2.28 bits per heavy atom. The van der Waals surface area contributed by atoms with Gasteiger partial charge in [0, 0.05) is 0 Å². The second kappa shape index (κ2) is 5.98. The van der Waals surface area contributed by atoms with Gasteiger partial charge in [-0.2, -0.15) is 0 Å². The molecule has 0 aliphatic heterocycles. The highest BCUT2D eigenvalue weighted by atomic mass is 16.6. The van der Waals surface area contributed by atoms with E-state index in [9.17, 15) is 4.79 Å². The first-order valence-corrected chi connectivity index (χ1v) is 6.11. The van der Waals surface area contributed by atoms with E-state index in [2.05, 4.69) is 0 Å². The third-order valence-electron chi connectivity index (χ3n) is 2.43. The van der Waals surface area contributed by atoms with Crippen LogP contribution >= 0.6 is 0 Å². The molecule has 0 radical (unpaired) electrons. The Morgan fingerprint density at radius 2 is 1.83 bits per heavy atom. The lowest BCUT2D eigenvalue weighted by atomic mass is 10.0. The normalized spacial score (nSPS) is 13.2. The molecule has 0 bridgehead atoms. The number of rotatable bonds is 4. The first-order chi connectivity index (χ1) is 8.33. The zero-order chi connectivity index (χ0) is 13.8. The van der Waals surface area contributed by atoms with E-state index in [-0.39, 0.29) is 0 Å². The highest BCUT2D eigenvalue weighted by Gasteiger charge is 2.23. The van der Waals surface area contributed by atoms with E-state index in [0.717, 1.165) is 17.5 Å². The number of benzene rings is 1. The minimum atomic E-state index is -0.740. The number of ether oxygens (including phenoxy) is 1. The van der Waals surface area contributed by atoms with Crippen molar-refractivity contribution in [2.45, 2.75) is 38.8 Å². The van der Waals surface area contributed by atoms with Crippen molar-refractivity contribution in [2.75, 3.05) is 6.54 Å².